The predicted octanol–water partition coefficient (Wildman–Crippen LogP) is 1.89. The van der Waals surface area contributed by atoms with Crippen molar-refractivity contribution in [2.24, 2.45) is 17.8 Å². The number of nitrogens with zero attached hydrogens (tertiary/aromatic N) is 1. The van der Waals surface area contributed by atoms with Crippen LogP contribution in [0.5, 0.6) is 0 Å². The van der Waals surface area contributed by atoms with Gasteiger partial charge in [-0.1, -0.05) is 6.92 Å². The molecule has 3 N–H and O–H groups in total. The second kappa shape index (κ2) is 6.74. The molecule has 8 nitrogen and oxygen atoms in total. The summed E-state index contributed by atoms with van der Waals surface area (Å²) in [4.78, 5) is 50.0. The highest BCUT2D eigenvalue weighted by molar-refractivity contribution is 6.07. The zero-order valence-electron chi connectivity index (χ0n) is 16.7. The van der Waals surface area contributed by atoms with Crippen LogP contribution in [0.3, 0.4) is 0 Å². The standard InChI is InChI=1S/C20H30N4O4/c1-3-19(2)16(26)24(18(28)23-19)5-4-15(25)21-17(27)22-20-9-12-6-13(10-20)8-14(7-12)11-20/h12-14H,3-11H2,1-2H3,(H,23,28)(H2,21,22,25,27)/t12?,13?,14?,19-,20?/m0/s1. The summed E-state index contributed by atoms with van der Waals surface area (Å²) in [6, 6.07) is -0.942. The van der Waals surface area contributed by atoms with Crippen molar-refractivity contribution in [1.82, 2.24) is 20.9 Å². The molecule has 4 saturated carbocycles. The number of imide groups is 2. The summed E-state index contributed by atoms with van der Waals surface area (Å²) in [5, 5.41) is 8.13. The Labute approximate surface area is 165 Å². The van der Waals surface area contributed by atoms with Gasteiger partial charge in [-0.3, -0.25) is 19.8 Å². The molecule has 6 amide bonds. The van der Waals surface area contributed by atoms with Crippen LogP contribution in [-0.2, 0) is 9.59 Å². The fourth-order valence-electron chi connectivity index (χ4n) is 6.13. The van der Waals surface area contributed by atoms with Crippen molar-refractivity contribution in [2.75, 3.05) is 6.54 Å². The van der Waals surface area contributed by atoms with E-state index >= 15 is 0 Å². The van der Waals surface area contributed by atoms with Crippen LogP contribution in [0.2, 0.25) is 0 Å². The number of carbonyl (C=O) groups is 4. The molecule has 1 saturated heterocycles. The van der Waals surface area contributed by atoms with Crippen molar-refractivity contribution in [1.29, 1.82) is 0 Å². The average molecular weight is 390 g/mol. The predicted molar refractivity (Wildman–Crippen MR) is 101 cm³/mol. The van der Waals surface area contributed by atoms with Gasteiger partial charge in [0.1, 0.15) is 5.54 Å². The summed E-state index contributed by atoms with van der Waals surface area (Å²) >= 11 is 0. The Morgan fingerprint density at radius 1 is 1.11 bits per heavy atom. The van der Waals surface area contributed by atoms with Gasteiger partial charge < -0.3 is 10.6 Å². The zero-order chi connectivity index (χ0) is 20.1. The van der Waals surface area contributed by atoms with Gasteiger partial charge in [0.15, 0.2) is 0 Å². The number of hydrogen-bond acceptors (Lipinski definition) is 4. The van der Waals surface area contributed by atoms with Gasteiger partial charge in [0, 0.05) is 18.5 Å². The summed E-state index contributed by atoms with van der Waals surface area (Å²) < 4.78 is 0. The molecule has 0 aromatic rings. The highest BCUT2D eigenvalue weighted by Crippen LogP contribution is 2.55. The molecule has 0 aromatic heterocycles. The topological polar surface area (TPSA) is 108 Å². The van der Waals surface area contributed by atoms with Gasteiger partial charge in [-0.25, -0.2) is 9.59 Å². The first-order valence-electron chi connectivity index (χ1n) is 10.5. The van der Waals surface area contributed by atoms with Crippen molar-refractivity contribution in [3.8, 4) is 0 Å². The molecule has 0 spiro atoms. The van der Waals surface area contributed by atoms with Gasteiger partial charge in [-0.05, 0) is 69.6 Å². The van der Waals surface area contributed by atoms with E-state index in [4.69, 9.17) is 0 Å². The van der Waals surface area contributed by atoms with Gasteiger partial charge in [-0.2, -0.15) is 0 Å². The van der Waals surface area contributed by atoms with Crippen molar-refractivity contribution in [3.05, 3.63) is 0 Å². The molecule has 28 heavy (non-hydrogen) atoms. The summed E-state index contributed by atoms with van der Waals surface area (Å²) in [7, 11) is 0. The van der Waals surface area contributed by atoms with Crippen LogP contribution >= 0.6 is 0 Å². The Kier molecular flexibility index (Phi) is 4.62. The minimum atomic E-state index is -0.913. The van der Waals surface area contributed by atoms with Crippen molar-refractivity contribution in [2.45, 2.75) is 76.3 Å². The molecule has 0 aromatic carbocycles. The van der Waals surface area contributed by atoms with E-state index in [1.807, 2.05) is 6.92 Å². The Balaban J connectivity index is 1.27. The fraction of sp³-hybridized carbons (Fsp3) is 0.800. The summed E-state index contributed by atoms with van der Waals surface area (Å²) in [5.41, 5.74) is -1.07. The molecular formula is C20H30N4O4. The number of hydrogen-bond donors (Lipinski definition) is 3. The van der Waals surface area contributed by atoms with Gasteiger partial charge in [-0.15, -0.1) is 0 Å². The monoisotopic (exact) mass is 390 g/mol. The van der Waals surface area contributed by atoms with E-state index in [1.165, 1.54) is 19.3 Å². The molecule has 5 rings (SSSR count). The third-order valence-electron chi connectivity index (χ3n) is 7.28. The zero-order valence-corrected chi connectivity index (χ0v) is 16.7. The molecule has 5 aliphatic rings. The van der Waals surface area contributed by atoms with Gasteiger partial charge in [0.25, 0.3) is 5.91 Å². The lowest BCUT2D eigenvalue weighted by Crippen LogP contribution is -2.61. The van der Waals surface area contributed by atoms with E-state index in [0.717, 1.165) is 24.2 Å². The highest BCUT2D eigenvalue weighted by atomic mass is 16.2. The molecule has 8 heteroatoms. The first-order chi connectivity index (χ1) is 13.2. The normalized spacial score (nSPS) is 38.5. The second-order valence-corrected chi connectivity index (χ2v) is 9.52. The number of carbonyl (C=O) groups excluding carboxylic acids is 4. The number of urea groups is 2. The van der Waals surface area contributed by atoms with E-state index in [-0.39, 0.29) is 24.4 Å². The van der Waals surface area contributed by atoms with Crippen LogP contribution in [-0.4, -0.2) is 46.4 Å². The van der Waals surface area contributed by atoms with Gasteiger partial charge in [0.2, 0.25) is 5.91 Å². The molecule has 0 radical (unpaired) electrons. The Bertz CT molecular complexity index is 686. The Morgan fingerprint density at radius 3 is 2.18 bits per heavy atom. The van der Waals surface area contributed by atoms with Crippen LogP contribution in [0.25, 0.3) is 0 Å². The minimum Gasteiger partial charge on any atom is -0.332 e. The van der Waals surface area contributed by atoms with Crippen LogP contribution in [0.15, 0.2) is 0 Å². The molecule has 5 fully saturated rings. The van der Waals surface area contributed by atoms with Crippen LogP contribution < -0.4 is 16.0 Å². The lowest BCUT2D eigenvalue weighted by molar-refractivity contribution is -0.131. The average Bonchev–Trinajstić information content (AvgIpc) is 2.80. The highest BCUT2D eigenvalue weighted by Gasteiger charge is 2.51. The van der Waals surface area contributed by atoms with E-state index in [2.05, 4.69) is 16.0 Å². The third-order valence-corrected chi connectivity index (χ3v) is 7.28. The molecular weight excluding hydrogens is 360 g/mol. The maximum atomic E-state index is 12.4. The van der Waals surface area contributed by atoms with Crippen LogP contribution in [0.1, 0.15) is 65.2 Å². The van der Waals surface area contributed by atoms with Crippen LogP contribution in [0, 0.1) is 17.8 Å². The summed E-state index contributed by atoms with van der Waals surface area (Å²) in [5.74, 6) is 1.30. The smallest absolute Gasteiger partial charge is 0.325 e. The molecule has 4 bridgehead atoms. The lowest BCUT2D eigenvalue weighted by Gasteiger charge is -2.56. The SMILES string of the molecule is CC[C@]1(C)NC(=O)N(CCC(=O)NC(=O)NC23CC4CC(CC(C4)C2)C3)C1=O. The van der Waals surface area contributed by atoms with E-state index in [1.54, 1.807) is 6.92 Å². The number of nitrogens with one attached hydrogen (secondary N) is 3. The van der Waals surface area contributed by atoms with E-state index in [0.29, 0.717) is 24.2 Å². The second-order valence-electron chi connectivity index (χ2n) is 9.52. The third kappa shape index (κ3) is 3.37. The molecule has 1 heterocycles. The van der Waals surface area contributed by atoms with Crippen molar-refractivity contribution >= 4 is 23.9 Å². The fourth-order valence-corrected chi connectivity index (χ4v) is 6.13. The molecule has 1 aliphatic heterocycles. The Morgan fingerprint density at radius 2 is 1.68 bits per heavy atom. The van der Waals surface area contributed by atoms with Crippen molar-refractivity contribution < 1.29 is 19.2 Å². The van der Waals surface area contributed by atoms with Crippen molar-refractivity contribution in [3.63, 3.8) is 0 Å². The summed E-state index contributed by atoms with van der Waals surface area (Å²) in [6.45, 7) is 3.46. The number of rotatable bonds is 5. The minimum absolute atomic E-state index is 0.0310. The maximum absolute atomic E-state index is 12.4. The largest absolute Gasteiger partial charge is 0.332 e. The van der Waals surface area contributed by atoms with Gasteiger partial charge >= 0.3 is 12.1 Å². The maximum Gasteiger partial charge on any atom is 0.325 e. The van der Waals surface area contributed by atoms with Gasteiger partial charge in [0.05, 0.1) is 0 Å². The molecule has 0 unspecified atom stereocenters. The number of amides is 6. The lowest BCUT2D eigenvalue weighted by atomic mass is 9.53. The van der Waals surface area contributed by atoms with Crippen LogP contribution in [0.4, 0.5) is 9.59 Å². The molecule has 154 valence electrons. The first kappa shape index (κ1) is 19.2. The quantitative estimate of drug-likeness (QED) is 0.623. The van der Waals surface area contributed by atoms with E-state index < -0.39 is 23.5 Å². The summed E-state index contributed by atoms with van der Waals surface area (Å²) in [6.07, 6.45) is 7.27. The molecule has 1 atom stereocenters. The first-order valence-corrected chi connectivity index (χ1v) is 10.5. The molecule has 4 aliphatic carbocycles. The Hall–Kier alpha value is -2.12. The van der Waals surface area contributed by atoms with E-state index in [9.17, 15) is 19.2 Å².